The number of hydrogen-bond acceptors (Lipinski definition) is 6. The Hall–Kier alpha value is -1.89. The second-order valence-electron chi connectivity index (χ2n) is 4.83. The van der Waals surface area contributed by atoms with Gasteiger partial charge in [-0.2, -0.15) is 4.98 Å². The number of aromatic nitrogens is 1. The maximum absolute atomic E-state index is 11.1. The van der Waals surface area contributed by atoms with E-state index < -0.39 is 4.92 Å². The van der Waals surface area contributed by atoms with Gasteiger partial charge in [-0.15, -0.1) is 0 Å². The lowest BCUT2D eigenvalue weighted by Crippen LogP contribution is -2.46. The molecule has 104 valence electrons. The molecule has 1 aliphatic heterocycles. The third kappa shape index (κ3) is 2.76. The summed E-state index contributed by atoms with van der Waals surface area (Å²) in [5, 5.41) is 11.1. The molecule has 1 saturated heterocycles. The number of piperidine rings is 1. The maximum Gasteiger partial charge on any atom is 0.311 e. The molecule has 2 heterocycles. The number of ether oxygens (including phenoxy) is 1. The SMILES string of the molecule is COc1ccc([N+](=O)[O-])c(N2CCC(N)C(C)C2)n1. The number of rotatable bonds is 3. The molecule has 0 saturated carbocycles. The molecular formula is C12H18N4O3. The highest BCUT2D eigenvalue weighted by molar-refractivity contribution is 5.59. The molecule has 1 aromatic heterocycles. The van der Waals surface area contributed by atoms with Crippen molar-refractivity contribution < 1.29 is 9.66 Å². The van der Waals surface area contributed by atoms with Crippen molar-refractivity contribution in [2.24, 2.45) is 11.7 Å². The van der Waals surface area contributed by atoms with Crippen molar-refractivity contribution in [2.45, 2.75) is 19.4 Å². The number of nitro groups is 1. The number of methoxy groups -OCH3 is 1. The van der Waals surface area contributed by atoms with Gasteiger partial charge in [0.2, 0.25) is 11.7 Å². The number of hydrogen-bond donors (Lipinski definition) is 1. The number of anilines is 1. The molecule has 1 fully saturated rings. The van der Waals surface area contributed by atoms with Crippen LogP contribution in [0.4, 0.5) is 11.5 Å². The van der Waals surface area contributed by atoms with Crippen LogP contribution in [0.15, 0.2) is 12.1 Å². The van der Waals surface area contributed by atoms with Crippen LogP contribution in [0.5, 0.6) is 5.88 Å². The van der Waals surface area contributed by atoms with E-state index in [0.717, 1.165) is 6.42 Å². The fourth-order valence-electron chi connectivity index (χ4n) is 2.27. The van der Waals surface area contributed by atoms with E-state index in [1.807, 2.05) is 11.8 Å². The minimum Gasteiger partial charge on any atom is -0.481 e. The van der Waals surface area contributed by atoms with Gasteiger partial charge < -0.3 is 15.4 Å². The van der Waals surface area contributed by atoms with Gasteiger partial charge in [-0.3, -0.25) is 10.1 Å². The number of pyridine rings is 1. The zero-order valence-corrected chi connectivity index (χ0v) is 11.1. The highest BCUT2D eigenvalue weighted by Crippen LogP contribution is 2.31. The third-order valence-electron chi connectivity index (χ3n) is 3.51. The summed E-state index contributed by atoms with van der Waals surface area (Å²) in [6.45, 7) is 3.39. The molecule has 7 heteroatoms. The van der Waals surface area contributed by atoms with E-state index in [2.05, 4.69) is 4.98 Å². The average Bonchev–Trinajstić information content (AvgIpc) is 2.41. The van der Waals surface area contributed by atoms with Crippen LogP contribution in [-0.2, 0) is 0 Å². The summed E-state index contributed by atoms with van der Waals surface area (Å²) in [7, 11) is 1.49. The topological polar surface area (TPSA) is 94.5 Å². The quantitative estimate of drug-likeness (QED) is 0.652. The molecule has 0 spiro atoms. The van der Waals surface area contributed by atoms with Crippen LogP contribution in [0.25, 0.3) is 0 Å². The van der Waals surface area contributed by atoms with Crippen LogP contribution in [0.2, 0.25) is 0 Å². The minimum atomic E-state index is -0.416. The Kier molecular flexibility index (Phi) is 3.84. The maximum atomic E-state index is 11.1. The van der Waals surface area contributed by atoms with Gasteiger partial charge in [0, 0.05) is 31.3 Å². The molecule has 7 nitrogen and oxygen atoms in total. The fraction of sp³-hybridized carbons (Fsp3) is 0.583. The van der Waals surface area contributed by atoms with Gasteiger partial charge >= 0.3 is 5.69 Å². The van der Waals surface area contributed by atoms with Gasteiger partial charge in [-0.25, -0.2) is 0 Å². The van der Waals surface area contributed by atoms with Crippen LogP contribution in [0.1, 0.15) is 13.3 Å². The van der Waals surface area contributed by atoms with Gasteiger partial charge in [0.1, 0.15) is 0 Å². The van der Waals surface area contributed by atoms with Crippen LogP contribution in [-0.4, -0.2) is 36.1 Å². The Balaban J connectivity index is 2.34. The highest BCUT2D eigenvalue weighted by atomic mass is 16.6. The van der Waals surface area contributed by atoms with Crippen molar-refractivity contribution in [3.8, 4) is 5.88 Å². The van der Waals surface area contributed by atoms with Gasteiger partial charge in [0.15, 0.2) is 0 Å². The summed E-state index contributed by atoms with van der Waals surface area (Å²) in [5.41, 5.74) is 5.97. The molecule has 19 heavy (non-hydrogen) atoms. The fourth-order valence-corrected chi connectivity index (χ4v) is 2.27. The molecule has 2 rings (SSSR count). The van der Waals surface area contributed by atoms with E-state index >= 15 is 0 Å². The van der Waals surface area contributed by atoms with E-state index in [-0.39, 0.29) is 17.6 Å². The standard InChI is InChI=1S/C12H18N4O3/c1-8-7-15(6-5-9(8)13)12-10(16(17)18)3-4-11(14-12)19-2/h3-4,8-9H,5-7,13H2,1-2H3. The molecule has 0 amide bonds. The Morgan fingerprint density at radius 3 is 2.89 bits per heavy atom. The van der Waals surface area contributed by atoms with Crippen LogP contribution in [0, 0.1) is 16.0 Å². The van der Waals surface area contributed by atoms with Gasteiger partial charge in [-0.1, -0.05) is 6.92 Å². The normalized spacial score (nSPS) is 23.2. The van der Waals surface area contributed by atoms with Crippen molar-refractivity contribution in [3.05, 3.63) is 22.2 Å². The van der Waals surface area contributed by atoms with E-state index in [0.29, 0.717) is 24.8 Å². The summed E-state index contributed by atoms with van der Waals surface area (Å²) >= 11 is 0. The second kappa shape index (κ2) is 5.40. The first-order valence-electron chi connectivity index (χ1n) is 6.23. The first-order chi connectivity index (χ1) is 9.02. The van der Waals surface area contributed by atoms with E-state index in [9.17, 15) is 10.1 Å². The van der Waals surface area contributed by atoms with Crippen molar-refractivity contribution in [3.63, 3.8) is 0 Å². The van der Waals surface area contributed by atoms with Crippen molar-refractivity contribution in [1.29, 1.82) is 0 Å². The van der Waals surface area contributed by atoms with Gasteiger partial charge in [-0.05, 0) is 12.3 Å². The zero-order chi connectivity index (χ0) is 14.0. The smallest absolute Gasteiger partial charge is 0.311 e. The Bertz CT molecular complexity index is 480. The first-order valence-corrected chi connectivity index (χ1v) is 6.23. The summed E-state index contributed by atoms with van der Waals surface area (Å²) in [6.07, 6.45) is 0.803. The van der Waals surface area contributed by atoms with Crippen molar-refractivity contribution >= 4 is 11.5 Å². The average molecular weight is 266 g/mol. The Labute approximate surface area is 111 Å². The van der Waals surface area contributed by atoms with Crippen LogP contribution in [0.3, 0.4) is 0 Å². The lowest BCUT2D eigenvalue weighted by molar-refractivity contribution is -0.384. The molecular weight excluding hydrogens is 248 g/mol. The largest absolute Gasteiger partial charge is 0.481 e. The van der Waals surface area contributed by atoms with Gasteiger partial charge in [0.05, 0.1) is 12.0 Å². The molecule has 1 aromatic rings. The van der Waals surface area contributed by atoms with E-state index in [4.69, 9.17) is 10.5 Å². The number of nitrogens with two attached hydrogens (primary N) is 1. The second-order valence-corrected chi connectivity index (χ2v) is 4.83. The lowest BCUT2D eigenvalue weighted by Gasteiger charge is -2.35. The first kappa shape index (κ1) is 13.5. The molecule has 0 bridgehead atoms. The van der Waals surface area contributed by atoms with Crippen molar-refractivity contribution in [2.75, 3.05) is 25.1 Å². The molecule has 2 N–H and O–H groups in total. The molecule has 2 atom stereocenters. The summed E-state index contributed by atoms with van der Waals surface area (Å²) in [4.78, 5) is 16.8. The molecule has 0 radical (unpaired) electrons. The predicted octanol–water partition coefficient (Wildman–Crippen LogP) is 1.17. The van der Waals surface area contributed by atoms with Crippen LogP contribution < -0.4 is 15.4 Å². The summed E-state index contributed by atoms with van der Waals surface area (Å²) in [5.74, 6) is 1.02. The number of nitrogens with zero attached hydrogens (tertiary/aromatic N) is 3. The lowest BCUT2D eigenvalue weighted by atomic mass is 9.95. The summed E-state index contributed by atoms with van der Waals surface area (Å²) in [6, 6.07) is 3.07. The third-order valence-corrected chi connectivity index (χ3v) is 3.51. The monoisotopic (exact) mass is 266 g/mol. The van der Waals surface area contributed by atoms with E-state index in [1.165, 1.54) is 19.2 Å². The van der Waals surface area contributed by atoms with Gasteiger partial charge in [0.25, 0.3) is 0 Å². The predicted molar refractivity (Wildman–Crippen MR) is 71.4 cm³/mol. The van der Waals surface area contributed by atoms with Crippen LogP contribution >= 0.6 is 0 Å². The molecule has 1 aliphatic rings. The zero-order valence-electron chi connectivity index (χ0n) is 11.1. The van der Waals surface area contributed by atoms with Crippen molar-refractivity contribution in [1.82, 2.24) is 4.98 Å². The molecule has 0 aliphatic carbocycles. The Morgan fingerprint density at radius 1 is 1.58 bits per heavy atom. The minimum absolute atomic E-state index is 0.00321. The highest BCUT2D eigenvalue weighted by Gasteiger charge is 2.29. The van der Waals surface area contributed by atoms with E-state index in [1.54, 1.807) is 0 Å². The Morgan fingerprint density at radius 2 is 2.32 bits per heavy atom. The summed E-state index contributed by atoms with van der Waals surface area (Å²) < 4.78 is 5.04. The molecule has 2 unspecified atom stereocenters. The molecule has 0 aromatic carbocycles.